The summed E-state index contributed by atoms with van der Waals surface area (Å²) >= 11 is 3.06. The molecule has 0 saturated carbocycles. The second kappa shape index (κ2) is 4.93. The van der Waals surface area contributed by atoms with Crippen LogP contribution in [0.1, 0.15) is 12.8 Å². The van der Waals surface area contributed by atoms with Gasteiger partial charge in [-0.2, -0.15) is 0 Å². The van der Waals surface area contributed by atoms with Crippen molar-refractivity contribution in [1.29, 1.82) is 0 Å². The monoisotopic (exact) mass is 286 g/mol. The molecule has 1 aliphatic heterocycles. The molecule has 1 aromatic carbocycles. The number of anilines is 1. The van der Waals surface area contributed by atoms with Crippen LogP contribution in [0.15, 0.2) is 22.7 Å². The number of nitrogens with one attached hydrogen (secondary N) is 2. The third-order valence-electron chi connectivity index (χ3n) is 2.56. The third kappa shape index (κ3) is 2.59. The van der Waals surface area contributed by atoms with E-state index in [2.05, 4.69) is 26.6 Å². The molecule has 2 N–H and O–H groups in total. The molecule has 1 amide bonds. The largest absolute Gasteiger partial charge is 0.325 e. The quantitative estimate of drug-likeness (QED) is 0.876. The SMILES string of the molecule is O=C(Nc1ccc(Br)c(F)c1)C1CCCN1. The molecule has 0 aliphatic carbocycles. The van der Waals surface area contributed by atoms with E-state index >= 15 is 0 Å². The fraction of sp³-hybridized carbons (Fsp3) is 0.364. The summed E-state index contributed by atoms with van der Waals surface area (Å²) in [4.78, 5) is 11.7. The second-order valence-electron chi connectivity index (χ2n) is 3.77. The van der Waals surface area contributed by atoms with E-state index in [0.29, 0.717) is 10.2 Å². The zero-order valence-corrected chi connectivity index (χ0v) is 10.2. The van der Waals surface area contributed by atoms with Gasteiger partial charge in [0.1, 0.15) is 5.82 Å². The van der Waals surface area contributed by atoms with Crippen LogP contribution >= 0.6 is 15.9 Å². The number of rotatable bonds is 2. The Morgan fingerprint density at radius 1 is 1.56 bits per heavy atom. The number of hydrogen-bond acceptors (Lipinski definition) is 2. The molecule has 86 valence electrons. The van der Waals surface area contributed by atoms with Crippen molar-refractivity contribution < 1.29 is 9.18 Å². The van der Waals surface area contributed by atoms with Crippen molar-refractivity contribution in [3.63, 3.8) is 0 Å². The summed E-state index contributed by atoms with van der Waals surface area (Å²) in [5, 5.41) is 5.78. The van der Waals surface area contributed by atoms with Gasteiger partial charge in [0.15, 0.2) is 0 Å². The summed E-state index contributed by atoms with van der Waals surface area (Å²) in [6, 6.07) is 4.40. The molecule has 1 aromatic rings. The number of amides is 1. The Kier molecular flexibility index (Phi) is 3.56. The average molecular weight is 287 g/mol. The van der Waals surface area contributed by atoms with Gasteiger partial charge in [0.2, 0.25) is 5.91 Å². The van der Waals surface area contributed by atoms with E-state index in [0.717, 1.165) is 19.4 Å². The van der Waals surface area contributed by atoms with Crippen molar-refractivity contribution in [1.82, 2.24) is 5.32 Å². The predicted molar refractivity (Wildman–Crippen MR) is 63.8 cm³/mol. The van der Waals surface area contributed by atoms with Gasteiger partial charge in [-0.15, -0.1) is 0 Å². The lowest BCUT2D eigenvalue weighted by molar-refractivity contribution is -0.117. The molecule has 1 atom stereocenters. The van der Waals surface area contributed by atoms with E-state index in [1.807, 2.05) is 0 Å². The molecule has 16 heavy (non-hydrogen) atoms. The predicted octanol–water partition coefficient (Wildman–Crippen LogP) is 2.28. The van der Waals surface area contributed by atoms with Crippen LogP contribution in [0.5, 0.6) is 0 Å². The lowest BCUT2D eigenvalue weighted by Gasteiger charge is -2.11. The molecule has 3 nitrogen and oxygen atoms in total. The molecule has 1 saturated heterocycles. The normalized spacial score (nSPS) is 19.8. The highest BCUT2D eigenvalue weighted by Gasteiger charge is 2.21. The molecule has 1 heterocycles. The maximum absolute atomic E-state index is 13.2. The Bertz CT molecular complexity index is 405. The lowest BCUT2D eigenvalue weighted by Crippen LogP contribution is -2.35. The molecule has 0 radical (unpaired) electrons. The summed E-state index contributed by atoms with van der Waals surface area (Å²) in [7, 11) is 0. The highest BCUT2D eigenvalue weighted by atomic mass is 79.9. The third-order valence-corrected chi connectivity index (χ3v) is 3.21. The van der Waals surface area contributed by atoms with Gasteiger partial charge >= 0.3 is 0 Å². The van der Waals surface area contributed by atoms with Crippen molar-refractivity contribution in [2.24, 2.45) is 0 Å². The molecular formula is C11H12BrFN2O. The minimum Gasteiger partial charge on any atom is -0.325 e. The van der Waals surface area contributed by atoms with Gasteiger partial charge < -0.3 is 10.6 Å². The van der Waals surface area contributed by atoms with Crippen LogP contribution in [0.3, 0.4) is 0 Å². The fourth-order valence-corrected chi connectivity index (χ4v) is 1.96. The summed E-state index contributed by atoms with van der Waals surface area (Å²) in [5.74, 6) is -0.476. The number of carbonyl (C=O) groups excluding carboxylic acids is 1. The van der Waals surface area contributed by atoms with E-state index < -0.39 is 0 Å². The van der Waals surface area contributed by atoms with Gasteiger partial charge in [0, 0.05) is 5.69 Å². The van der Waals surface area contributed by atoms with Crippen LogP contribution in [-0.4, -0.2) is 18.5 Å². The van der Waals surface area contributed by atoms with E-state index in [4.69, 9.17) is 0 Å². The number of halogens is 2. The van der Waals surface area contributed by atoms with Gasteiger partial charge in [-0.25, -0.2) is 4.39 Å². The minimum absolute atomic E-state index is 0.0979. The van der Waals surface area contributed by atoms with Gasteiger partial charge in [0.25, 0.3) is 0 Å². The standard InChI is InChI=1S/C11H12BrFN2O/c12-8-4-3-7(6-9(8)13)15-11(16)10-2-1-5-14-10/h3-4,6,10,14H,1-2,5H2,(H,15,16). The summed E-state index contributed by atoms with van der Waals surface area (Å²) in [5.41, 5.74) is 0.486. The van der Waals surface area contributed by atoms with Gasteiger partial charge in [-0.1, -0.05) is 0 Å². The first-order valence-electron chi connectivity index (χ1n) is 5.16. The van der Waals surface area contributed by atoms with Crippen molar-refractivity contribution in [2.45, 2.75) is 18.9 Å². The number of hydrogen-bond donors (Lipinski definition) is 2. The molecule has 1 unspecified atom stereocenters. The van der Waals surface area contributed by atoms with Crippen LogP contribution in [0.4, 0.5) is 10.1 Å². The van der Waals surface area contributed by atoms with Crippen molar-refractivity contribution in [3.05, 3.63) is 28.5 Å². The zero-order valence-electron chi connectivity index (χ0n) is 8.59. The van der Waals surface area contributed by atoms with Crippen LogP contribution in [-0.2, 0) is 4.79 Å². The Hall–Kier alpha value is -0.940. The van der Waals surface area contributed by atoms with Crippen LogP contribution in [0, 0.1) is 5.82 Å². The first-order valence-corrected chi connectivity index (χ1v) is 5.95. The van der Waals surface area contributed by atoms with Crippen LogP contribution in [0.2, 0.25) is 0 Å². The van der Waals surface area contributed by atoms with E-state index in [1.165, 1.54) is 6.07 Å². The van der Waals surface area contributed by atoms with E-state index in [9.17, 15) is 9.18 Å². The lowest BCUT2D eigenvalue weighted by atomic mass is 10.2. The highest BCUT2D eigenvalue weighted by molar-refractivity contribution is 9.10. The van der Waals surface area contributed by atoms with Crippen molar-refractivity contribution >= 4 is 27.5 Å². The molecule has 0 aromatic heterocycles. The minimum atomic E-state index is -0.378. The Labute approximate surface area is 102 Å². The van der Waals surface area contributed by atoms with Gasteiger partial charge in [0.05, 0.1) is 10.5 Å². The van der Waals surface area contributed by atoms with Gasteiger partial charge in [-0.3, -0.25) is 4.79 Å². The van der Waals surface area contributed by atoms with Gasteiger partial charge in [-0.05, 0) is 53.5 Å². The fourth-order valence-electron chi connectivity index (χ4n) is 1.71. The van der Waals surface area contributed by atoms with Crippen LogP contribution in [0.25, 0.3) is 0 Å². The Morgan fingerprint density at radius 2 is 2.38 bits per heavy atom. The molecule has 1 aliphatic rings. The topological polar surface area (TPSA) is 41.1 Å². The van der Waals surface area contributed by atoms with Crippen LogP contribution < -0.4 is 10.6 Å². The number of benzene rings is 1. The van der Waals surface area contributed by atoms with E-state index in [-0.39, 0.29) is 17.8 Å². The summed E-state index contributed by atoms with van der Waals surface area (Å²) < 4.78 is 13.6. The zero-order chi connectivity index (χ0) is 11.5. The maximum Gasteiger partial charge on any atom is 0.241 e. The van der Waals surface area contributed by atoms with E-state index in [1.54, 1.807) is 12.1 Å². The Morgan fingerprint density at radius 3 is 3.00 bits per heavy atom. The first-order chi connectivity index (χ1) is 7.66. The molecule has 2 rings (SSSR count). The molecule has 0 bridgehead atoms. The highest BCUT2D eigenvalue weighted by Crippen LogP contribution is 2.19. The number of carbonyl (C=O) groups is 1. The molecule has 5 heteroatoms. The maximum atomic E-state index is 13.2. The second-order valence-corrected chi connectivity index (χ2v) is 4.62. The Balaban J connectivity index is 2.02. The smallest absolute Gasteiger partial charge is 0.241 e. The molecular weight excluding hydrogens is 275 g/mol. The van der Waals surface area contributed by atoms with Crippen molar-refractivity contribution in [2.75, 3.05) is 11.9 Å². The molecule has 1 fully saturated rings. The summed E-state index contributed by atoms with van der Waals surface area (Å²) in [6.45, 7) is 0.868. The van der Waals surface area contributed by atoms with Crippen molar-refractivity contribution in [3.8, 4) is 0 Å². The first kappa shape index (κ1) is 11.5. The summed E-state index contributed by atoms with van der Waals surface area (Å²) in [6.07, 6.45) is 1.84. The molecule has 0 spiro atoms. The average Bonchev–Trinajstić information content (AvgIpc) is 2.77.